The first-order chi connectivity index (χ1) is 12.2. The molecule has 9 heteroatoms. The van der Waals surface area contributed by atoms with Crippen molar-refractivity contribution in [2.24, 2.45) is 5.41 Å². The summed E-state index contributed by atoms with van der Waals surface area (Å²) in [6.07, 6.45) is -1.05. The van der Waals surface area contributed by atoms with Crippen molar-refractivity contribution in [1.29, 1.82) is 0 Å². The van der Waals surface area contributed by atoms with Crippen LogP contribution >= 0.6 is 0 Å². The van der Waals surface area contributed by atoms with Gasteiger partial charge in [-0.05, 0) is 24.4 Å². The number of hydrogen-bond donors (Lipinski definition) is 5. The van der Waals surface area contributed by atoms with E-state index >= 15 is 0 Å². The van der Waals surface area contributed by atoms with Gasteiger partial charge < -0.3 is 30.2 Å². The van der Waals surface area contributed by atoms with Gasteiger partial charge in [-0.15, -0.1) is 0 Å². The highest BCUT2D eigenvalue weighted by molar-refractivity contribution is 6.25. The van der Waals surface area contributed by atoms with E-state index in [-0.39, 0.29) is 23.2 Å². The van der Waals surface area contributed by atoms with Crippen molar-refractivity contribution in [2.45, 2.75) is 39.0 Å². The summed E-state index contributed by atoms with van der Waals surface area (Å²) in [7, 11) is 0.956. The van der Waals surface area contributed by atoms with Crippen molar-refractivity contribution in [3.05, 3.63) is 23.3 Å². The molecule has 1 fully saturated rings. The summed E-state index contributed by atoms with van der Waals surface area (Å²) >= 11 is 0. The molecule has 1 aliphatic heterocycles. The van der Waals surface area contributed by atoms with E-state index in [0.29, 0.717) is 37.9 Å². The smallest absolute Gasteiger partial charge is 0.343 e. The van der Waals surface area contributed by atoms with Gasteiger partial charge in [0.2, 0.25) is 0 Å². The molecule has 1 heterocycles. The lowest BCUT2D eigenvalue weighted by atomic mass is 9.89. The Labute approximate surface area is 152 Å². The van der Waals surface area contributed by atoms with Gasteiger partial charge in [0.05, 0.1) is 0 Å². The van der Waals surface area contributed by atoms with Crippen molar-refractivity contribution in [3.63, 3.8) is 0 Å². The van der Waals surface area contributed by atoms with Crippen LogP contribution in [0.5, 0.6) is 11.5 Å². The van der Waals surface area contributed by atoms with Crippen LogP contribution in [0.2, 0.25) is 6.32 Å². The molecule has 0 spiro atoms. The van der Waals surface area contributed by atoms with Crippen molar-refractivity contribution in [1.82, 2.24) is 4.90 Å². The van der Waals surface area contributed by atoms with Gasteiger partial charge in [0.1, 0.15) is 23.2 Å². The van der Waals surface area contributed by atoms with Gasteiger partial charge in [-0.3, -0.25) is 4.90 Å². The maximum absolute atomic E-state index is 11.5. The first kappa shape index (κ1) is 20.5. The van der Waals surface area contributed by atoms with Gasteiger partial charge in [0.25, 0.3) is 7.48 Å². The summed E-state index contributed by atoms with van der Waals surface area (Å²) in [5, 5.41) is 47.1. The number of hydrogen-bond acceptors (Lipinski definition) is 7. The monoisotopic (exact) mass is 366 g/mol. The molecule has 1 radical (unpaired) electrons. The highest BCUT2D eigenvalue weighted by atomic mass is 16.5. The Morgan fingerprint density at radius 3 is 2.58 bits per heavy atom. The number of benzene rings is 1. The molecule has 1 aliphatic rings. The highest BCUT2D eigenvalue weighted by Crippen LogP contribution is 2.34. The van der Waals surface area contributed by atoms with Crippen LogP contribution < -0.4 is 4.74 Å². The second-order valence-corrected chi connectivity index (χ2v) is 7.27. The van der Waals surface area contributed by atoms with Gasteiger partial charge >= 0.3 is 5.97 Å². The molecule has 0 unspecified atom stereocenters. The number of carbonyl (C=O) groups is 1. The molecule has 1 aromatic rings. The summed E-state index contributed by atoms with van der Waals surface area (Å²) in [5.41, 5.74) is -0.542. The number of aryl methyl sites for hydroxylation is 1. The Morgan fingerprint density at radius 1 is 1.38 bits per heavy atom. The molecule has 1 aromatic carbocycles. The van der Waals surface area contributed by atoms with Crippen LogP contribution in [-0.2, 0) is 6.42 Å². The molecule has 0 bridgehead atoms. The lowest BCUT2D eigenvalue weighted by Crippen LogP contribution is -2.57. The van der Waals surface area contributed by atoms with Gasteiger partial charge in [-0.1, -0.05) is 19.9 Å². The van der Waals surface area contributed by atoms with E-state index in [9.17, 15) is 25.2 Å². The Morgan fingerprint density at radius 2 is 2.04 bits per heavy atom. The standard InChI is InChI=1S/C17H25BNO7/c1-17(2,16(23)24)9-19-7-11(8-19)26-12-4-3-10(5-6-18-25)14(20)13(12)15(21)22/h3-4,11,16,20,23-25H,5-9H2,1-2H3,(H,21,22). The minimum atomic E-state index is -1.43. The molecular weight excluding hydrogens is 341 g/mol. The summed E-state index contributed by atoms with van der Waals surface area (Å²) in [5.74, 6) is -1.54. The quantitative estimate of drug-likeness (QED) is 0.306. The number of aromatic hydroxyl groups is 1. The molecule has 5 N–H and O–H groups in total. The summed E-state index contributed by atoms with van der Waals surface area (Å²) in [6, 6.07) is 3.10. The fraction of sp³-hybridized carbons (Fsp3) is 0.588. The van der Waals surface area contributed by atoms with Crippen LogP contribution in [0.1, 0.15) is 29.8 Å². The predicted octanol–water partition coefficient (Wildman–Crippen LogP) is 0.0626. The number of aromatic carboxylic acids is 1. The van der Waals surface area contributed by atoms with Crippen molar-refractivity contribution in [3.8, 4) is 11.5 Å². The fourth-order valence-electron chi connectivity index (χ4n) is 2.91. The Balaban J connectivity index is 2.02. The van der Waals surface area contributed by atoms with E-state index in [1.54, 1.807) is 19.9 Å². The number of rotatable bonds is 9. The molecule has 143 valence electrons. The number of carboxylic acid groups (broad SMARTS) is 1. The SMILES string of the molecule is CC(C)(CN1CC(Oc2ccc(CC[B]O)c(O)c2C(=O)O)C1)C(O)O. The zero-order chi connectivity index (χ0) is 19.5. The second-order valence-electron chi connectivity index (χ2n) is 7.27. The van der Waals surface area contributed by atoms with Crippen LogP contribution in [0.15, 0.2) is 12.1 Å². The van der Waals surface area contributed by atoms with Gasteiger partial charge in [-0.25, -0.2) is 4.79 Å². The number of aliphatic hydroxyl groups excluding tert-OH is 1. The zero-order valence-electron chi connectivity index (χ0n) is 14.9. The topological polar surface area (TPSA) is 131 Å². The van der Waals surface area contributed by atoms with Crippen LogP contribution in [0.25, 0.3) is 0 Å². The number of aliphatic hydroxyl groups is 2. The minimum Gasteiger partial charge on any atom is -0.507 e. The third-order valence-electron chi connectivity index (χ3n) is 4.53. The number of likely N-dealkylation sites (tertiary alicyclic amines) is 1. The molecule has 8 nitrogen and oxygen atoms in total. The zero-order valence-corrected chi connectivity index (χ0v) is 14.9. The average molecular weight is 366 g/mol. The molecule has 0 saturated carbocycles. The lowest BCUT2D eigenvalue weighted by molar-refractivity contribution is -0.139. The van der Waals surface area contributed by atoms with E-state index in [0.717, 1.165) is 7.48 Å². The first-order valence-electron chi connectivity index (χ1n) is 8.45. The molecule has 0 aromatic heterocycles. The minimum absolute atomic E-state index is 0.0952. The van der Waals surface area contributed by atoms with E-state index in [1.165, 1.54) is 6.07 Å². The van der Waals surface area contributed by atoms with Crippen LogP contribution in [0.3, 0.4) is 0 Å². The Hall–Kier alpha value is -1.81. The van der Waals surface area contributed by atoms with Crippen LogP contribution in [0, 0.1) is 5.41 Å². The van der Waals surface area contributed by atoms with Crippen molar-refractivity contribution in [2.75, 3.05) is 19.6 Å². The summed E-state index contributed by atoms with van der Waals surface area (Å²) in [4.78, 5) is 13.5. The largest absolute Gasteiger partial charge is 0.507 e. The van der Waals surface area contributed by atoms with Crippen molar-refractivity contribution < 1.29 is 35.0 Å². The Bertz CT molecular complexity index is 644. The highest BCUT2D eigenvalue weighted by Gasteiger charge is 2.36. The number of ether oxygens (including phenoxy) is 1. The third kappa shape index (κ3) is 4.67. The third-order valence-corrected chi connectivity index (χ3v) is 4.53. The van der Waals surface area contributed by atoms with Gasteiger partial charge in [-0.2, -0.15) is 0 Å². The lowest BCUT2D eigenvalue weighted by Gasteiger charge is -2.43. The van der Waals surface area contributed by atoms with Crippen LogP contribution in [0.4, 0.5) is 0 Å². The van der Waals surface area contributed by atoms with E-state index < -0.39 is 17.7 Å². The Kier molecular flexibility index (Phi) is 6.51. The molecule has 1 saturated heterocycles. The second kappa shape index (κ2) is 8.26. The molecule has 0 atom stereocenters. The van der Waals surface area contributed by atoms with E-state index in [1.807, 2.05) is 4.90 Å². The molecule has 0 aliphatic carbocycles. The first-order valence-corrected chi connectivity index (χ1v) is 8.45. The maximum Gasteiger partial charge on any atom is 0.343 e. The normalized spacial score (nSPS) is 15.8. The summed E-state index contributed by atoms with van der Waals surface area (Å²) < 4.78 is 5.72. The summed E-state index contributed by atoms with van der Waals surface area (Å²) in [6.45, 7) is 5.01. The van der Waals surface area contributed by atoms with E-state index in [4.69, 9.17) is 9.76 Å². The van der Waals surface area contributed by atoms with E-state index in [2.05, 4.69) is 0 Å². The molecule has 2 rings (SSSR count). The fourth-order valence-corrected chi connectivity index (χ4v) is 2.91. The molecule has 26 heavy (non-hydrogen) atoms. The number of carboxylic acids is 1. The molecular formula is C17H25BNO7. The average Bonchev–Trinajstić information content (AvgIpc) is 2.51. The molecule has 0 amide bonds. The van der Waals surface area contributed by atoms with Crippen molar-refractivity contribution >= 4 is 13.5 Å². The predicted molar refractivity (Wildman–Crippen MR) is 94.4 cm³/mol. The maximum atomic E-state index is 11.5. The van der Waals surface area contributed by atoms with Crippen LogP contribution in [-0.4, -0.2) is 75.8 Å². The van der Waals surface area contributed by atoms with Gasteiger partial charge in [0.15, 0.2) is 6.29 Å². The number of phenols is 1. The number of nitrogens with zero attached hydrogens (tertiary/aromatic N) is 1. The van der Waals surface area contributed by atoms with Gasteiger partial charge in [0, 0.05) is 25.0 Å².